The summed E-state index contributed by atoms with van der Waals surface area (Å²) >= 11 is 1.42. The van der Waals surface area contributed by atoms with Crippen molar-refractivity contribution >= 4 is 17.7 Å². The van der Waals surface area contributed by atoms with Gasteiger partial charge in [-0.3, -0.25) is 4.79 Å². The average Bonchev–Trinajstić information content (AvgIpc) is 2.48. The molecule has 0 aliphatic rings. The molecule has 0 saturated carbocycles. The molecule has 1 aromatic rings. The van der Waals surface area contributed by atoms with Gasteiger partial charge in [-0.25, -0.2) is 0 Å². The zero-order valence-corrected chi connectivity index (χ0v) is 13.3. The van der Waals surface area contributed by atoms with Gasteiger partial charge in [-0.2, -0.15) is 5.26 Å². The van der Waals surface area contributed by atoms with E-state index in [1.54, 1.807) is 4.90 Å². The second kappa shape index (κ2) is 9.43. The molecule has 0 bridgehead atoms. The lowest BCUT2D eigenvalue weighted by atomic mass is 10.1. The number of hydrogen-bond acceptors (Lipinski definition) is 4. The summed E-state index contributed by atoms with van der Waals surface area (Å²) in [6.45, 7) is 4.35. The molecule has 0 heterocycles. The predicted octanol–water partition coefficient (Wildman–Crippen LogP) is 2.60. The van der Waals surface area contributed by atoms with E-state index < -0.39 is 6.10 Å². The van der Waals surface area contributed by atoms with Crippen molar-refractivity contribution in [3.05, 3.63) is 35.9 Å². The molecule has 114 valence electrons. The molecule has 21 heavy (non-hydrogen) atoms. The Morgan fingerprint density at radius 3 is 2.62 bits per heavy atom. The molecule has 1 aromatic carbocycles. The summed E-state index contributed by atoms with van der Waals surface area (Å²) in [6, 6.07) is 11.6. The van der Waals surface area contributed by atoms with Gasteiger partial charge in [0.25, 0.3) is 0 Å². The minimum atomic E-state index is -0.560. The van der Waals surface area contributed by atoms with E-state index in [0.29, 0.717) is 24.5 Å². The first-order valence-electron chi connectivity index (χ1n) is 7.03. The molecule has 1 N–H and O–H groups in total. The number of aliphatic hydroxyl groups is 1. The van der Waals surface area contributed by atoms with E-state index in [4.69, 9.17) is 5.26 Å². The molecule has 0 saturated heterocycles. The van der Waals surface area contributed by atoms with Gasteiger partial charge < -0.3 is 10.0 Å². The Labute approximate surface area is 130 Å². The van der Waals surface area contributed by atoms with E-state index in [-0.39, 0.29) is 11.9 Å². The summed E-state index contributed by atoms with van der Waals surface area (Å²) in [7, 11) is 0. The fourth-order valence-corrected chi connectivity index (χ4v) is 2.83. The molecule has 1 atom stereocenters. The zero-order valence-electron chi connectivity index (χ0n) is 12.5. The van der Waals surface area contributed by atoms with Crippen LogP contribution in [0.25, 0.3) is 0 Å². The molecule has 0 aliphatic carbocycles. The number of thioether (sulfide) groups is 1. The van der Waals surface area contributed by atoms with Gasteiger partial charge in [0.05, 0.1) is 24.3 Å². The number of benzene rings is 1. The molecule has 0 radical (unpaired) electrons. The third-order valence-corrected chi connectivity index (χ3v) is 4.10. The van der Waals surface area contributed by atoms with E-state index in [9.17, 15) is 9.90 Å². The molecule has 0 spiro atoms. The van der Waals surface area contributed by atoms with Gasteiger partial charge in [-0.1, -0.05) is 30.3 Å². The third kappa shape index (κ3) is 6.19. The van der Waals surface area contributed by atoms with Crippen LogP contribution in [0, 0.1) is 11.3 Å². The van der Waals surface area contributed by atoms with Crippen LogP contribution in [0.3, 0.4) is 0 Å². The highest BCUT2D eigenvalue weighted by atomic mass is 32.2. The maximum Gasteiger partial charge on any atom is 0.232 e. The Kier molecular flexibility index (Phi) is 7.88. The number of carbonyl (C=O) groups excluding carboxylic acids is 1. The second-order valence-corrected chi connectivity index (χ2v) is 6.06. The second-order valence-electron chi connectivity index (χ2n) is 5.03. The van der Waals surface area contributed by atoms with Crippen LogP contribution in [0.4, 0.5) is 0 Å². The zero-order chi connectivity index (χ0) is 15.7. The van der Waals surface area contributed by atoms with Crippen LogP contribution >= 0.6 is 11.8 Å². The summed E-state index contributed by atoms with van der Waals surface area (Å²) in [5.41, 5.74) is 0.864. The first kappa shape index (κ1) is 17.5. The highest BCUT2D eigenvalue weighted by Gasteiger charge is 2.17. The largest absolute Gasteiger partial charge is 0.388 e. The minimum absolute atomic E-state index is 0.0190. The predicted molar refractivity (Wildman–Crippen MR) is 85.8 cm³/mol. The van der Waals surface area contributed by atoms with Crippen molar-refractivity contribution < 1.29 is 9.90 Å². The van der Waals surface area contributed by atoms with Gasteiger partial charge in [-0.05, 0) is 19.4 Å². The van der Waals surface area contributed by atoms with Crippen molar-refractivity contribution in [2.45, 2.75) is 32.4 Å². The molecule has 0 aliphatic heterocycles. The molecule has 1 rings (SSSR count). The Hall–Kier alpha value is -1.51. The molecule has 1 unspecified atom stereocenters. The summed E-state index contributed by atoms with van der Waals surface area (Å²) in [4.78, 5) is 13.8. The third-order valence-electron chi connectivity index (χ3n) is 3.09. The fourth-order valence-electron chi connectivity index (χ4n) is 1.95. The molecule has 5 heteroatoms. The van der Waals surface area contributed by atoms with Crippen LogP contribution < -0.4 is 0 Å². The standard InChI is InChI=1S/C16H22N2O2S/c1-13(2)18(10-6-9-17)16(20)12-21-11-15(19)14-7-4-3-5-8-14/h3-5,7-8,13,15,19H,6,10-12H2,1-2H3. The number of aliphatic hydroxyl groups excluding tert-OH is 1. The Morgan fingerprint density at radius 2 is 2.05 bits per heavy atom. The molecular formula is C16H22N2O2S. The first-order valence-corrected chi connectivity index (χ1v) is 8.19. The van der Waals surface area contributed by atoms with Crippen molar-refractivity contribution in [2.24, 2.45) is 0 Å². The van der Waals surface area contributed by atoms with Crippen LogP contribution in [0.5, 0.6) is 0 Å². The first-order chi connectivity index (χ1) is 10.1. The van der Waals surface area contributed by atoms with Crippen LogP contribution in [0.15, 0.2) is 30.3 Å². The number of hydrogen-bond donors (Lipinski definition) is 1. The van der Waals surface area contributed by atoms with Crippen molar-refractivity contribution in [1.82, 2.24) is 4.90 Å². The van der Waals surface area contributed by atoms with E-state index in [2.05, 4.69) is 6.07 Å². The van der Waals surface area contributed by atoms with Crippen molar-refractivity contribution in [3.8, 4) is 6.07 Å². The number of nitriles is 1. The average molecular weight is 306 g/mol. The maximum atomic E-state index is 12.1. The number of rotatable bonds is 8. The maximum absolute atomic E-state index is 12.1. The van der Waals surface area contributed by atoms with Gasteiger partial charge in [-0.15, -0.1) is 11.8 Å². The topological polar surface area (TPSA) is 64.3 Å². The Bertz CT molecular complexity index is 471. The SMILES string of the molecule is CC(C)N(CCC#N)C(=O)CSCC(O)c1ccccc1. The summed E-state index contributed by atoms with van der Waals surface area (Å²) in [6.07, 6.45) is -0.211. The Morgan fingerprint density at radius 1 is 1.38 bits per heavy atom. The normalized spacial score (nSPS) is 12.0. The van der Waals surface area contributed by atoms with E-state index in [0.717, 1.165) is 5.56 Å². The molecular weight excluding hydrogens is 284 g/mol. The minimum Gasteiger partial charge on any atom is -0.388 e. The monoisotopic (exact) mass is 306 g/mol. The molecule has 0 aromatic heterocycles. The van der Waals surface area contributed by atoms with E-state index in [1.807, 2.05) is 44.2 Å². The van der Waals surface area contributed by atoms with Crippen molar-refractivity contribution in [2.75, 3.05) is 18.1 Å². The fraction of sp³-hybridized carbons (Fsp3) is 0.500. The highest BCUT2D eigenvalue weighted by Crippen LogP contribution is 2.18. The lowest BCUT2D eigenvalue weighted by molar-refractivity contribution is -0.129. The van der Waals surface area contributed by atoms with Gasteiger partial charge >= 0.3 is 0 Å². The van der Waals surface area contributed by atoms with Crippen molar-refractivity contribution in [1.29, 1.82) is 5.26 Å². The molecule has 1 amide bonds. The summed E-state index contributed by atoms with van der Waals surface area (Å²) in [5, 5.41) is 18.7. The lowest BCUT2D eigenvalue weighted by Gasteiger charge is -2.25. The molecule has 4 nitrogen and oxygen atoms in total. The van der Waals surface area contributed by atoms with Crippen LogP contribution in [-0.2, 0) is 4.79 Å². The van der Waals surface area contributed by atoms with Gasteiger partial charge in [0.1, 0.15) is 0 Å². The highest BCUT2D eigenvalue weighted by molar-refractivity contribution is 7.99. The number of amides is 1. The summed E-state index contributed by atoms with van der Waals surface area (Å²) in [5.74, 6) is 0.832. The van der Waals surface area contributed by atoms with Crippen LogP contribution in [0.2, 0.25) is 0 Å². The van der Waals surface area contributed by atoms with Crippen molar-refractivity contribution in [3.63, 3.8) is 0 Å². The van der Waals surface area contributed by atoms with Gasteiger partial charge in [0, 0.05) is 18.3 Å². The van der Waals surface area contributed by atoms with E-state index >= 15 is 0 Å². The smallest absolute Gasteiger partial charge is 0.232 e. The van der Waals surface area contributed by atoms with E-state index in [1.165, 1.54) is 11.8 Å². The van der Waals surface area contributed by atoms with Crippen LogP contribution in [0.1, 0.15) is 31.9 Å². The molecule has 0 fully saturated rings. The van der Waals surface area contributed by atoms with Gasteiger partial charge in [0.15, 0.2) is 0 Å². The lowest BCUT2D eigenvalue weighted by Crippen LogP contribution is -2.38. The van der Waals surface area contributed by atoms with Crippen LogP contribution in [-0.4, -0.2) is 40.0 Å². The number of carbonyl (C=O) groups is 1. The Balaban J connectivity index is 2.40. The summed E-state index contributed by atoms with van der Waals surface area (Å²) < 4.78 is 0. The quantitative estimate of drug-likeness (QED) is 0.802. The number of nitrogens with zero attached hydrogens (tertiary/aromatic N) is 2. The van der Waals surface area contributed by atoms with Gasteiger partial charge in [0.2, 0.25) is 5.91 Å².